The summed E-state index contributed by atoms with van der Waals surface area (Å²) in [6.07, 6.45) is 0. The lowest BCUT2D eigenvalue weighted by Crippen LogP contribution is -1.97. The van der Waals surface area contributed by atoms with Crippen LogP contribution in [0.1, 0.15) is 11.1 Å². The third-order valence-corrected chi connectivity index (χ3v) is 5.01. The number of nitrogens with two attached hydrogens (primary N) is 2. The first-order valence-electron chi connectivity index (χ1n) is 10.1. The summed E-state index contributed by atoms with van der Waals surface area (Å²) < 4.78 is 0. The molecule has 0 aliphatic rings. The maximum atomic E-state index is 5.73. The molecule has 0 fully saturated rings. The van der Waals surface area contributed by atoms with Crippen molar-refractivity contribution in [3.63, 3.8) is 0 Å². The summed E-state index contributed by atoms with van der Waals surface area (Å²) in [6, 6.07) is 33.2. The first-order valence-corrected chi connectivity index (χ1v) is 10.1. The Hall–Kier alpha value is -3.60. The monoisotopic (exact) mass is 394 g/mol. The van der Waals surface area contributed by atoms with Crippen LogP contribution in [0.15, 0.2) is 97.1 Å². The Morgan fingerprint density at radius 1 is 0.467 bits per heavy atom. The molecule has 30 heavy (non-hydrogen) atoms. The Labute approximate surface area is 177 Å². The number of hydrogen-bond acceptors (Lipinski definition) is 4. The van der Waals surface area contributed by atoms with Gasteiger partial charge in [-0.15, -0.1) is 0 Å². The topological polar surface area (TPSA) is 76.1 Å². The fourth-order valence-electron chi connectivity index (χ4n) is 3.38. The SMILES string of the molecule is NCc1cccc(Nc2ccc(-c3ccc(Nc4cccc(CN)c4)cc3)cc2)c1. The van der Waals surface area contributed by atoms with E-state index in [1.54, 1.807) is 0 Å². The van der Waals surface area contributed by atoms with Gasteiger partial charge in [-0.25, -0.2) is 0 Å². The van der Waals surface area contributed by atoms with Gasteiger partial charge in [0.1, 0.15) is 0 Å². The van der Waals surface area contributed by atoms with Crippen LogP contribution in [0.4, 0.5) is 22.7 Å². The highest BCUT2D eigenvalue weighted by Gasteiger charge is 2.02. The van der Waals surface area contributed by atoms with Gasteiger partial charge in [-0.2, -0.15) is 0 Å². The molecule has 0 amide bonds. The zero-order valence-corrected chi connectivity index (χ0v) is 16.8. The molecule has 0 unspecified atom stereocenters. The van der Waals surface area contributed by atoms with Crippen molar-refractivity contribution in [2.24, 2.45) is 11.5 Å². The molecule has 0 atom stereocenters. The number of nitrogens with one attached hydrogen (secondary N) is 2. The Balaban J connectivity index is 1.43. The first kappa shape index (κ1) is 19.7. The van der Waals surface area contributed by atoms with E-state index >= 15 is 0 Å². The lowest BCUT2D eigenvalue weighted by Gasteiger charge is -2.10. The van der Waals surface area contributed by atoms with E-state index in [4.69, 9.17) is 11.5 Å². The van der Waals surface area contributed by atoms with Gasteiger partial charge >= 0.3 is 0 Å². The van der Waals surface area contributed by atoms with Crippen molar-refractivity contribution in [2.75, 3.05) is 10.6 Å². The minimum atomic E-state index is 0.539. The molecule has 150 valence electrons. The predicted molar refractivity (Wildman–Crippen MR) is 127 cm³/mol. The summed E-state index contributed by atoms with van der Waals surface area (Å²) in [5.74, 6) is 0. The molecule has 0 heterocycles. The maximum absolute atomic E-state index is 5.73. The Morgan fingerprint density at radius 3 is 1.23 bits per heavy atom. The standard InChI is InChI=1S/C26H26N4/c27-17-19-3-1-5-25(15-19)29-23-11-7-21(8-12-23)22-9-13-24(14-10-22)30-26-6-2-4-20(16-26)18-28/h1-16,29-30H,17-18,27-28H2. The second-order valence-electron chi connectivity index (χ2n) is 7.21. The van der Waals surface area contributed by atoms with Crippen LogP contribution in [0, 0.1) is 0 Å². The van der Waals surface area contributed by atoms with Crippen molar-refractivity contribution < 1.29 is 0 Å². The summed E-state index contributed by atoms with van der Waals surface area (Å²) >= 11 is 0. The Kier molecular flexibility index (Phi) is 6.09. The number of anilines is 4. The van der Waals surface area contributed by atoms with Crippen molar-refractivity contribution in [1.82, 2.24) is 0 Å². The molecule has 6 N–H and O–H groups in total. The van der Waals surface area contributed by atoms with E-state index in [9.17, 15) is 0 Å². The van der Waals surface area contributed by atoms with Gasteiger partial charge < -0.3 is 22.1 Å². The summed E-state index contributed by atoms with van der Waals surface area (Å²) in [6.45, 7) is 1.08. The molecular formula is C26H26N4. The average Bonchev–Trinajstić information content (AvgIpc) is 2.80. The fourth-order valence-corrected chi connectivity index (χ4v) is 3.38. The van der Waals surface area contributed by atoms with E-state index < -0.39 is 0 Å². The van der Waals surface area contributed by atoms with Gasteiger partial charge in [-0.3, -0.25) is 0 Å². The molecule has 0 spiro atoms. The largest absolute Gasteiger partial charge is 0.356 e. The molecule has 4 aromatic carbocycles. The quantitative estimate of drug-likeness (QED) is 0.321. The molecule has 0 aliphatic heterocycles. The minimum Gasteiger partial charge on any atom is -0.356 e. The third kappa shape index (κ3) is 4.87. The van der Waals surface area contributed by atoms with Crippen molar-refractivity contribution in [1.29, 1.82) is 0 Å². The molecule has 4 rings (SSSR count). The normalized spacial score (nSPS) is 10.6. The fraction of sp³-hybridized carbons (Fsp3) is 0.0769. The number of rotatable bonds is 7. The van der Waals surface area contributed by atoms with Crippen LogP contribution in [-0.2, 0) is 13.1 Å². The molecular weight excluding hydrogens is 368 g/mol. The zero-order chi connectivity index (χ0) is 20.8. The van der Waals surface area contributed by atoms with Crippen molar-refractivity contribution >= 4 is 22.7 Å². The van der Waals surface area contributed by atoms with Gasteiger partial charge in [0.25, 0.3) is 0 Å². The highest BCUT2D eigenvalue weighted by Crippen LogP contribution is 2.26. The first-order chi connectivity index (χ1) is 14.7. The van der Waals surface area contributed by atoms with Crippen LogP contribution in [-0.4, -0.2) is 0 Å². The smallest absolute Gasteiger partial charge is 0.0387 e. The van der Waals surface area contributed by atoms with Gasteiger partial charge in [-0.1, -0.05) is 48.5 Å². The second-order valence-corrected chi connectivity index (χ2v) is 7.21. The lowest BCUT2D eigenvalue weighted by atomic mass is 10.0. The Morgan fingerprint density at radius 2 is 0.867 bits per heavy atom. The van der Waals surface area contributed by atoms with Crippen LogP contribution >= 0.6 is 0 Å². The molecule has 4 nitrogen and oxygen atoms in total. The van der Waals surface area contributed by atoms with Crippen molar-refractivity contribution in [3.05, 3.63) is 108 Å². The van der Waals surface area contributed by atoms with Crippen molar-refractivity contribution in [2.45, 2.75) is 13.1 Å². The van der Waals surface area contributed by atoms with Crippen LogP contribution in [0.3, 0.4) is 0 Å². The molecule has 0 aromatic heterocycles. The van der Waals surface area contributed by atoms with Crippen LogP contribution in [0.2, 0.25) is 0 Å². The predicted octanol–water partition coefficient (Wildman–Crippen LogP) is 5.76. The summed E-state index contributed by atoms with van der Waals surface area (Å²) in [4.78, 5) is 0. The van der Waals surface area contributed by atoms with Gasteiger partial charge in [0, 0.05) is 35.8 Å². The molecule has 0 bridgehead atoms. The van der Waals surface area contributed by atoms with E-state index in [1.165, 1.54) is 11.1 Å². The maximum Gasteiger partial charge on any atom is 0.0387 e. The second kappa shape index (κ2) is 9.27. The minimum absolute atomic E-state index is 0.539. The Bertz CT molecular complexity index is 1010. The summed E-state index contributed by atoms with van der Waals surface area (Å²) in [5, 5.41) is 6.86. The van der Waals surface area contributed by atoms with E-state index in [0.717, 1.165) is 33.9 Å². The van der Waals surface area contributed by atoms with Gasteiger partial charge in [0.05, 0.1) is 0 Å². The van der Waals surface area contributed by atoms with E-state index in [0.29, 0.717) is 13.1 Å². The summed E-state index contributed by atoms with van der Waals surface area (Å²) in [5.41, 5.74) is 20.2. The highest BCUT2D eigenvalue weighted by atomic mass is 14.9. The van der Waals surface area contributed by atoms with E-state index in [2.05, 4.69) is 71.3 Å². The van der Waals surface area contributed by atoms with Crippen molar-refractivity contribution in [3.8, 4) is 11.1 Å². The zero-order valence-electron chi connectivity index (χ0n) is 16.8. The number of hydrogen-bond donors (Lipinski definition) is 4. The van der Waals surface area contributed by atoms with Gasteiger partial charge in [0.15, 0.2) is 0 Å². The molecule has 0 saturated heterocycles. The number of benzene rings is 4. The lowest BCUT2D eigenvalue weighted by molar-refractivity contribution is 1.07. The van der Waals surface area contributed by atoms with Gasteiger partial charge in [-0.05, 0) is 70.8 Å². The average molecular weight is 395 g/mol. The molecule has 4 heteroatoms. The van der Waals surface area contributed by atoms with Crippen LogP contribution < -0.4 is 22.1 Å². The van der Waals surface area contributed by atoms with Crippen LogP contribution in [0.5, 0.6) is 0 Å². The molecule has 0 radical (unpaired) electrons. The molecule has 0 saturated carbocycles. The molecule has 0 aliphatic carbocycles. The highest BCUT2D eigenvalue weighted by molar-refractivity contribution is 5.71. The third-order valence-electron chi connectivity index (χ3n) is 5.01. The van der Waals surface area contributed by atoms with E-state index in [1.807, 2.05) is 36.4 Å². The van der Waals surface area contributed by atoms with Crippen LogP contribution in [0.25, 0.3) is 11.1 Å². The van der Waals surface area contributed by atoms with E-state index in [-0.39, 0.29) is 0 Å². The van der Waals surface area contributed by atoms with Gasteiger partial charge in [0.2, 0.25) is 0 Å². The summed E-state index contributed by atoms with van der Waals surface area (Å²) in [7, 11) is 0. The molecule has 4 aromatic rings.